The Balaban J connectivity index is 2.72. The highest BCUT2D eigenvalue weighted by Crippen LogP contribution is 2.01. The van der Waals surface area contributed by atoms with E-state index in [1.54, 1.807) is 19.1 Å². The second kappa shape index (κ2) is 7.93. The molecule has 2 heterocycles. The maximum absolute atomic E-state index is 12.5. The van der Waals surface area contributed by atoms with E-state index in [2.05, 4.69) is 21.0 Å². The van der Waals surface area contributed by atoms with Crippen molar-refractivity contribution in [3.05, 3.63) is 37.3 Å². The van der Waals surface area contributed by atoms with Gasteiger partial charge >= 0.3 is 0 Å². The second-order valence-electron chi connectivity index (χ2n) is 4.80. The van der Waals surface area contributed by atoms with Crippen LogP contribution >= 0.6 is 11.3 Å². The Morgan fingerprint density at radius 1 is 1.52 bits per heavy atom. The van der Waals surface area contributed by atoms with E-state index >= 15 is 0 Å². The maximum atomic E-state index is 12.5. The predicted molar refractivity (Wildman–Crippen MR) is 92.3 cm³/mol. The van der Waals surface area contributed by atoms with Crippen LogP contribution in [0.1, 0.15) is 18.3 Å². The molecule has 8 nitrogen and oxygen atoms in total. The zero-order valence-electron chi connectivity index (χ0n) is 13.6. The average Bonchev–Trinajstić information content (AvgIpc) is 3.15. The first-order valence-electron chi connectivity index (χ1n) is 7.29. The van der Waals surface area contributed by atoms with Crippen molar-refractivity contribution in [1.29, 1.82) is 10.5 Å². The summed E-state index contributed by atoms with van der Waals surface area (Å²) >= 11 is 1.00. The third-order valence-corrected chi connectivity index (χ3v) is 4.41. The van der Waals surface area contributed by atoms with Gasteiger partial charge in [0, 0.05) is 12.6 Å². The molecule has 0 aliphatic heterocycles. The molecule has 0 unspecified atom stereocenters. The molecule has 0 spiro atoms. The van der Waals surface area contributed by atoms with Gasteiger partial charge < -0.3 is 10.3 Å². The van der Waals surface area contributed by atoms with Crippen molar-refractivity contribution in [3.8, 4) is 12.1 Å². The number of hydrogen-bond donors (Lipinski definition) is 2. The van der Waals surface area contributed by atoms with Gasteiger partial charge in [0.2, 0.25) is 0 Å². The Kier molecular flexibility index (Phi) is 5.70. The Hall–Kier alpha value is -3.39. The minimum Gasteiger partial charge on any atom is -0.344 e. The number of nitriles is 2. The van der Waals surface area contributed by atoms with Crippen LogP contribution in [0.3, 0.4) is 0 Å². The fourth-order valence-corrected chi connectivity index (χ4v) is 3.11. The van der Waals surface area contributed by atoms with Gasteiger partial charge in [0.05, 0.1) is 23.8 Å². The third-order valence-electron chi connectivity index (χ3n) is 3.30. The van der Waals surface area contributed by atoms with Gasteiger partial charge in [0.25, 0.3) is 11.5 Å². The summed E-state index contributed by atoms with van der Waals surface area (Å²) in [5.41, 5.74) is 3.83. The lowest BCUT2D eigenvalue weighted by molar-refractivity contribution is -0.115. The number of rotatable bonds is 4. The molecule has 0 aromatic carbocycles. The van der Waals surface area contributed by atoms with Crippen molar-refractivity contribution >= 4 is 34.6 Å². The Labute approximate surface area is 146 Å². The van der Waals surface area contributed by atoms with Crippen LogP contribution in [-0.2, 0) is 11.3 Å². The minimum absolute atomic E-state index is 0.204. The normalized spacial score (nSPS) is 11.0. The Bertz CT molecular complexity index is 1100. The number of aromatic amines is 1. The fraction of sp³-hybridized carbons (Fsp3) is 0.250. The summed E-state index contributed by atoms with van der Waals surface area (Å²) in [5.74, 6) is -0.688. The molecule has 0 atom stereocenters. The van der Waals surface area contributed by atoms with E-state index < -0.39 is 5.91 Å². The van der Waals surface area contributed by atoms with Gasteiger partial charge in [-0.3, -0.25) is 14.2 Å². The monoisotopic (exact) mass is 354 g/mol. The summed E-state index contributed by atoms with van der Waals surface area (Å²) in [6, 6.07) is 3.58. The highest BCUT2D eigenvalue weighted by molar-refractivity contribution is 7.07. The molecule has 2 aromatic heterocycles. The van der Waals surface area contributed by atoms with E-state index in [9.17, 15) is 14.9 Å². The Morgan fingerprint density at radius 2 is 2.28 bits per heavy atom. The molecule has 0 aliphatic rings. The largest absolute Gasteiger partial charge is 0.344 e. The number of imidazole rings is 1. The highest BCUT2D eigenvalue weighted by Gasteiger charge is 2.14. The highest BCUT2D eigenvalue weighted by atomic mass is 32.1. The lowest BCUT2D eigenvalue weighted by Gasteiger charge is -1.99. The number of carbonyl (C=O) groups is 1. The van der Waals surface area contributed by atoms with Crippen LogP contribution in [0.5, 0.6) is 0 Å². The van der Waals surface area contributed by atoms with Crippen LogP contribution in [0, 0.1) is 29.6 Å². The average molecular weight is 354 g/mol. The first-order valence-corrected chi connectivity index (χ1v) is 8.11. The lowest BCUT2D eigenvalue weighted by Crippen LogP contribution is -2.34. The number of amides is 1. The molecule has 0 aliphatic carbocycles. The minimum atomic E-state index is -0.688. The molecule has 2 rings (SSSR count). The summed E-state index contributed by atoms with van der Waals surface area (Å²) in [6.07, 6.45) is 3.13. The summed E-state index contributed by atoms with van der Waals surface area (Å²) < 4.78 is 1.85. The van der Waals surface area contributed by atoms with Crippen molar-refractivity contribution in [2.75, 3.05) is 6.54 Å². The number of nitrogens with one attached hydrogen (secondary N) is 2. The van der Waals surface area contributed by atoms with E-state index in [-0.39, 0.29) is 26.9 Å². The molecule has 25 heavy (non-hydrogen) atoms. The van der Waals surface area contributed by atoms with E-state index in [4.69, 9.17) is 5.26 Å². The van der Waals surface area contributed by atoms with Gasteiger partial charge in [-0.25, -0.2) is 4.98 Å². The van der Waals surface area contributed by atoms with Crippen molar-refractivity contribution in [2.24, 2.45) is 0 Å². The lowest BCUT2D eigenvalue weighted by atomic mass is 10.3. The third kappa shape index (κ3) is 3.75. The molecular weight excluding hydrogens is 340 g/mol. The predicted octanol–water partition coefficient (Wildman–Crippen LogP) is -0.632. The second-order valence-corrected chi connectivity index (χ2v) is 5.80. The number of thiazole rings is 1. The number of nitrogens with zero attached hydrogens (tertiary/aromatic N) is 4. The van der Waals surface area contributed by atoms with Crippen LogP contribution in [0.4, 0.5) is 0 Å². The number of carbonyl (C=O) groups excluding carboxylic acids is 1. The molecule has 2 aromatic rings. The molecular formula is C16H14N6O2S. The SMILES string of the molecule is CCn1c(=O)c(=C=Cc2[nH]cnc2C)s/c1=C(/C#N)C(=O)NCC#N. The summed E-state index contributed by atoms with van der Waals surface area (Å²) in [5, 5.41) is 20.2. The molecule has 0 fully saturated rings. The van der Waals surface area contributed by atoms with Gasteiger partial charge in [-0.15, -0.1) is 11.3 Å². The molecule has 0 saturated heterocycles. The summed E-state index contributed by atoms with van der Waals surface area (Å²) in [6.45, 7) is 3.64. The molecule has 126 valence electrons. The number of hydrogen-bond acceptors (Lipinski definition) is 6. The Morgan fingerprint density at radius 3 is 2.84 bits per heavy atom. The van der Waals surface area contributed by atoms with Gasteiger partial charge in [-0.2, -0.15) is 10.5 Å². The topological polar surface area (TPSA) is 127 Å². The summed E-state index contributed by atoms with van der Waals surface area (Å²) in [7, 11) is 0. The van der Waals surface area contributed by atoms with E-state index in [0.717, 1.165) is 17.0 Å². The zero-order chi connectivity index (χ0) is 18.4. The van der Waals surface area contributed by atoms with Gasteiger partial charge in [-0.1, -0.05) is 5.73 Å². The van der Waals surface area contributed by atoms with E-state index in [1.165, 1.54) is 10.9 Å². The van der Waals surface area contributed by atoms with Gasteiger partial charge in [-0.05, 0) is 13.8 Å². The van der Waals surface area contributed by atoms with Crippen molar-refractivity contribution in [1.82, 2.24) is 19.9 Å². The number of aromatic nitrogens is 3. The van der Waals surface area contributed by atoms with Crippen LogP contribution in [0.25, 0.3) is 17.4 Å². The number of H-pyrrole nitrogens is 1. The summed E-state index contributed by atoms with van der Waals surface area (Å²) in [4.78, 5) is 31.5. The van der Waals surface area contributed by atoms with Crippen LogP contribution < -0.4 is 20.1 Å². The zero-order valence-corrected chi connectivity index (χ0v) is 14.4. The fourth-order valence-electron chi connectivity index (χ4n) is 2.03. The smallest absolute Gasteiger partial charge is 0.277 e. The molecule has 0 radical (unpaired) electrons. The van der Waals surface area contributed by atoms with Crippen LogP contribution in [0.2, 0.25) is 0 Å². The quantitative estimate of drug-likeness (QED) is 0.707. The molecule has 0 saturated carbocycles. The number of aryl methyl sites for hydroxylation is 1. The van der Waals surface area contributed by atoms with Crippen molar-refractivity contribution < 1.29 is 4.79 Å². The first-order chi connectivity index (χ1) is 12.0. The molecule has 1 amide bonds. The maximum Gasteiger partial charge on any atom is 0.277 e. The van der Waals surface area contributed by atoms with Crippen molar-refractivity contribution in [2.45, 2.75) is 20.4 Å². The standard InChI is InChI=1S/C16H14N6O2S/c1-3-22-15(24)13(5-4-12-10(2)20-9-21-12)25-16(22)11(8-18)14(23)19-7-6-17/h4,9H,3,7H2,1-2H3,(H,19,23)(H,20,21)/b16-11-. The molecule has 0 bridgehead atoms. The van der Waals surface area contributed by atoms with Gasteiger partial charge in [0.1, 0.15) is 21.8 Å². The van der Waals surface area contributed by atoms with E-state index in [1.807, 2.05) is 13.0 Å². The first kappa shape index (κ1) is 18.0. The molecule has 9 heteroatoms. The van der Waals surface area contributed by atoms with Crippen LogP contribution in [0.15, 0.2) is 11.1 Å². The van der Waals surface area contributed by atoms with E-state index in [0.29, 0.717) is 12.2 Å². The molecule has 2 N–H and O–H groups in total. The van der Waals surface area contributed by atoms with Crippen molar-refractivity contribution in [3.63, 3.8) is 0 Å². The van der Waals surface area contributed by atoms with Gasteiger partial charge in [0.15, 0.2) is 5.57 Å². The van der Waals surface area contributed by atoms with Crippen LogP contribution in [-0.4, -0.2) is 27.0 Å².